The number of primary amides is 1. The predicted molar refractivity (Wildman–Crippen MR) is 76.6 cm³/mol. The van der Waals surface area contributed by atoms with Crippen LogP contribution in [-0.4, -0.2) is 36.3 Å². The van der Waals surface area contributed by atoms with E-state index in [-0.39, 0.29) is 36.6 Å². The number of nitrogens with two attached hydrogens (primary N) is 1. The van der Waals surface area contributed by atoms with E-state index in [9.17, 15) is 14.0 Å². The summed E-state index contributed by atoms with van der Waals surface area (Å²) in [5, 5.41) is 2.71. The highest BCUT2D eigenvalue weighted by Gasteiger charge is 2.24. The number of halogens is 1. The van der Waals surface area contributed by atoms with E-state index in [1.165, 1.54) is 6.07 Å². The maximum atomic E-state index is 13.4. The lowest BCUT2D eigenvalue weighted by molar-refractivity contribution is -0.124. The maximum Gasteiger partial charge on any atom is 0.234 e. The van der Waals surface area contributed by atoms with Gasteiger partial charge in [-0.25, -0.2) is 4.39 Å². The van der Waals surface area contributed by atoms with Gasteiger partial charge in [0.15, 0.2) is 0 Å². The molecular formula is C15H20FN3O2. The number of carbonyl (C=O) groups excluding carboxylic acids is 2. The van der Waals surface area contributed by atoms with Crippen LogP contribution in [0.1, 0.15) is 18.4 Å². The first-order valence-electron chi connectivity index (χ1n) is 7.08. The standard InChI is InChI=1S/C15H20FN3O2/c16-13-4-2-1-3-12(13)9-18-14(20)10-19-7-5-11(6-8-19)15(17)21/h1-4,11H,5-10H2,(H2,17,21)(H,18,20). The molecule has 114 valence electrons. The summed E-state index contributed by atoms with van der Waals surface area (Å²) >= 11 is 0. The molecule has 1 saturated heterocycles. The van der Waals surface area contributed by atoms with E-state index in [1.807, 2.05) is 4.90 Å². The predicted octanol–water partition coefficient (Wildman–Crippen LogP) is 0.639. The number of amides is 2. The summed E-state index contributed by atoms with van der Waals surface area (Å²) in [6, 6.07) is 6.37. The summed E-state index contributed by atoms with van der Waals surface area (Å²) in [5.74, 6) is -0.808. The molecule has 2 rings (SSSR count). The second kappa shape index (κ2) is 7.17. The van der Waals surface area contributed by atoms with Crippen molar-refractivity contribution < 1.29 is 14.0 Å². The van der Waals surface area contributed by atoms with Gasteiger partial charge in [0.25, 0.3) is 0 Å². The van der Waals surface area contributed by atoms with Crippen molar-refractivity contribution >= 4 is 11.8 Å². The van der Waals surface area contributed by atoms with E-state index in [4.69, 9.17) is 5.73 Å². The van der Waals surface area contributed by atoms with Gasteiger partial charge in [0.1, 0.15) is 5.82 Å². The number of nitrogens with zero attached hydrogens (tertiary/aromatic N) is 1. The summed E-state index contributed by atoms with van der Waals surface area (Å²) in [5.41, 5.74) is 5.74. The Bertz CT molecular complexity index is 513. The highest BCUT2D eigenvalue weighted by atomic mass is 19.1. The molecule has 1 aliphatic rings. The van der Waals surface area contributed by atoms with Gasteiger partial charge < -0.3 is 11.1 Å². The SMILES string of the molecule is NC(=O)C1CCN(CC(=O)NCc2ccccc2F)CC1. The third kappa shape index (κ3) is 4.53. The molecule has 1 aromatic rings. The number of benzene rings is 1. The number of rotatable bonds is 5. The molecule has 0 aliphatic carbocycles. The van der Waals surface area contributed by atoms with Crippen LogP contribution in [0.3, 0.4) is 0 Å². The van der Waals surface area contributed by atoms with Crippen molar-refractivity contribution in [1.29, 1.82) is 0 Å². The average Bonchev–Trinajstić information content (AvgIpc) is 2.47. The molecule has 1 fully saturated rings. The second-order valence-corrected chi connectivity index (χ2v) is 5.32. The molecule has 0 spiro atoms. The van der Waals surface area contributed by atoms with Gasteiger partial charge >= 0.3 is 0 Å². The average molecular weight is 293 g/mol. The third-order valence-electron chi connectivity index (χ3n) is 3.79. The smallest absolute Gasteiger partial charge is 0.234 e. The molecule has 2 amide bonds. The lowest BCUT2D eigenvalue weighted by Crippen LogP contribution is -2.43. The summed E-state index contributed by atoms with van der Waals surface area (Å²) in [4.78, 5) is 24.9. The molecule has 1 aliphatic heterocycles. The minimum atomic E-state index is -0.319. The molecule has 0 aromatic heterocycles. The number of nitrogens with one attached hydrogen (secondary N) is 1. The van der Waals surface area contributed by atoms with Crippen LogP contribution in [-0.2, 0) is 16.1 Å². The molecular weight excluding hydrogens is 273 g/mol. The van der Waals surface area contributed by atoms with Gasteiger partial charge in [-0.15, -0.1) is 0 Å². The Balaban J connectivity index is 1.73. The molecule has 21 heavy (non-hydrogen) atoms. The fourth-order valence-corrected chi connectivity index (χ4v) is 2.47. The first kappa shape index (κ1) is 15.4. The summed E-state index contributed by atoms with van der Waals surface area (Å²) in [7, 11) is 0. The van der Waals surface area contributed by atoms with E-state index in [1.54, 1.807) is 18.2 Å². The van der Waals surface area contributed by atoms with Crippen LogP contribution in [0.15, 0.2) is 24.3 Å². The van der Waals surface area contributed by atoms with Gasteiger partial charge in [0, 0.05) is 18.0 Å². The highest BCUT2D eigenvalue weighted by Crippen LogP contribution is 2.16. The van der Waals surface area contributed by atoms with Crippen LogP contribution in [0.5, 0.6) is 0 Å². The Hall–Kier alpha value is -1.95. The van der Waals surface area contributed by atoms with Crippen LogP contribution in [0.4, 0.5) is 4.39 Å². The number of piperidine rings is 1. The van der Waals surface area contributed by atoms with E-state index in [0.29, 0.717) is 31.5 Å². The molecule has 0 saturated carbocycles. The largest absolute Gasteiger partial charge is 0.369 e. The monoisotopic (exact) mass is 293 g/mol. The summed E-state index contributed by atoms with van der Waals surface area (Å²) in [6.45, 7) is 1.81. The fourth-order valence-electron chi connectivity index (χ4n) is 2.47. The minimum absolute atomic E-state index is 0.0808. The van der Waals surface area contributed by atoms with Crippen molar-refractivity contribution in [2.45, 2.75) is 19.4 Å². The third-order valence-corrected chi connectivity index (χ3v) is 3.79. The Morgan fingerprint density at radius 2 is 1.95 bits per heavy atom. The van der Waals surface area contributed by atoms with Gasteiger partial charge in [0.05, 0.1) is 6.54 Å². The van der Waals surface area contributed by atoms with E-state index >= 15 is 0 Å². The van der Waals surface area contributed by atoms with Gasteiger partial charge in [-0.1, -0.05) is 18.2 Å². The van der Waals surface area contributed by atoms with E-state index < -0.39 is 0 Å². The molecule has 1 heterocycles. The van der Waals surface area contributed by atoms with Crippen LogP contribution < -0.4 is 11.1 Å². The lowest BCUT2D eigenvalue weighted by atomic mass is 9.96. The first-order chi connectivity index (χ1) is 10.1. The number of hydrogen-bond donors (Lipinski definition) is 2. The van der Waals surface area contributed by atoms with Crippen LogP contribution in [0, 0.1) is 11.7 Å². The zero-order valence-corrected chi connectivity index (χ0v) is 11.8. The molecule has 0 unspecified atom stereocenters. The Kier molecular flexibility index (Phi) is 5.27. The quantitative estimate of drug-likeness (QED) is 0.836. The van der Waals surface area contributed by atoms with Crippen molar-refractivity contribution in [1.82, 2.24) is 10.2 Å². The van der Waals surface area contributed by atoms with Crippen LogP contribution in [0.2, 0.25) is 0 Å². The van der Waals surface area contributed by atoms with Gasteiger partial charge in [0.2, 0.25) is 11.8 Å². The zero-order chi connectivity index (χ0) is 15.2. The molecule has 0 atom stereocenters. The van der Waals surface area contributed by atoms with Crippen molar-refractivity contribution in [2.24, 2.45) is 11.7 Å². The highest BCUT2D eigenvalue weighted by molar-refractivity contribution is 5.78. The van der Waals surface area contributed by atoms with Gasteiger partial charge in [-0.2, -0.15) is 0 Å². The Morgan fingerprint density at radius 1 is 1.29 bits per heavy atom. The Morgan fingerprint density at radius 3 is 2.57 bits per heavy atom. The summed E-state index contributed by atoms with van der Waals surface area (Å²) in [6.07, 6.45) is 1.38. The van der Waals surface area contributed by atoms with Crippen LogP contribution >= 0.6 is 0 Å². The summed E-state index contributed by atoms with van der Waals surface area (Å²) < 4.78 is 13.4. The Labute approximate surface area is 123 Å². The zero-order valence-electron chi connectivity index (χ0n) is 11.8. The normalized spacial score (nSPS) is 16.6. The fraction of sp³-hybridized carbons (Fsp3) is 0.467. The topological polar surface area (TPSA) is 75.4 Å². The molecule has 1 aromatic carbocycles. The minimum Gasteiger partial charge on any atom is -0.369 e. The van der Waals surface area contributed by atoms with Gasteiger partial charge in [-0.05, 0) is 32.0 Å². The first-order valence-corrected chi connectivity index (χ1v) is 7.08. The van der Waals surface area contributed by atoms with Crippen molar-refractivity contribution in [2.75, 3.05) is 19.6 Å². The molecule has 3 N–H and O–H groups in total. The van der Waals surface area contributed by atoms with Gasteiger partial charge in [-0.3, -0.25) is 14.5 Å². The molecule has 5 nitrogen and oxygen atoms in total. The van der Waals surface area contributed by atoms with Crippen molar-refractivity contribution in [3.63, 3.8) is 0 Å². The van der Waals surface area contributed by atoms with E-state index in [2.05, 4.69) is 5.32 Å². The number of likely N-dealkylation sites (tertiary alicyclic amines) is 1. The second-order valence-electron chi connectivity index (χ2n) is 5.32. The van der Waals surface area contributed by atoms with Crippen LogP contribution in [0.25, 0.3) is 0 Å². The molecule has 0 bridgehead atoms. The lowest BCUT2D eigenvalue weighted by Gasteiger charge is -2.29. The van der Waals surface area contributed by atoms with E-state index in [0.717, 1.165) is 0 Å². The number of carbonyl (C=O) groups is 2. The maximum absolute atomic E-state index is 13.4. The van der Waals surface area contributed by atoms with Crippen molar-refractivity contribution in [3.8, 4) is 0 Å². The number of hydrogen-bond acceptors (Lipinski definition) is 3. The van der Waals surface area contributed by atoms with Crippen molar-refractivity contribution in [3.05, 3.63) is 35.6 Å². The molecule has 6 heteroatoms. The molecule has 0 radical (unpaired) electrons.